The summed E-state index contributed by atoms with van der Waals surface area (Å²) < 4.78 is 46.1. The highest BCUT2D eigenvalue weighted by Gasteiger charge is 2.29. The molecule has 2 aliphatic rings. The molecule has 0 bridgehead atoms. The first-order chi connectivity index (χ1) is 13.7. The summed E-state index contributed by atoms with van der Waals surface area (Å²) in [5.74, 6) is -0.677. The SMILES string of the molecule is CNS(=O)(=O)c1ccc(F)c(C(=O)N2CCC(CN3CC(C)OC(C)C3)CC2)c1. The summed E-state index contributed by atoms with van der Waals surface area (Å²) in [5.41, 5.74) is -0.199. The Hall–Kier alpha value is -1.55. The number of amides is 1. The van der Waals surface area contributed by atoms with Crippen molar-refractivity contribution < 1.29 is 22.3 Å². The topological polar surface area (TPSA) is 79.0 Å². The van der Waals surface area contributed by atoms with Gasteiger partial charge in [-0.1, -0.05) is 0 Å². The van der Waals surface area contributed by atoms with Crippen LogP contribution in [0.15, 0.2) is 23.1 Å². The number of likely N-dealkylation sites (tertiary alicyclic amines) is 1. The van der Waals surface area contributed by atoms with Crippen LogP contribution >= 0.6 is 0 Å². The number of ether oxygens (including phenoxy) is 1. The first kappa shape index (κ1) is 22.1. The molecule has 0 aromatic heterocycles. The molecule has 1 N–H and O–H groups in total. The summed E-state index contributed by atoms with van der Waals surface area (Å²) in [6.07, 6.45) is 2.15. The second kappa shape index (κ2) is 9.07. The Balaban J connectivity index is 1.61. The van der Waals surface area contributed by atoms with Gasteiger partial charge in [-0.25, -0.2) is 17.5 Å². The number of hydrogen-bond acceptors (Lipinski definition) is 5. The van der Waals surface area contributed by atoms with Gasteiger partial charge in [0, 0.05) is 32.7 Å². The number of sulfonamides is 1. The van der Waals surface area contributed by atoms with E-state index in [1.807, 2.05) is 0 Å². The highest BCUT2D eigenvalue weighted by atomic mass is 32.2. The van der Waals surface area contributed by atoms with Crippen LogP contribution in [0.5, 0.6) is 0 Å². The first-order valence-electron chi connectivity index (χ1n) is 10.1. The van der Waals surface area contributed by atoms with E-state index in [4.69, 9.17) is 4.74 Å². The predicted octanol–water partition coefficient (Wildman–Crippen LogP) is 1.70. The van der Waals surface area contributed by atoms with Crippen LogP contribution in [0.1, 0.15) is 37.0 Å². The van der Waals surface area contributed by atoms with E-state index in [0.717, 1.165) is 50.7 Å². The Morgan fingerprint density at radius 2 is 1.83 bits per heavy atom. The van der Waals surface area contributed by atoms with Crippen molar-refractivity contribution >= 4 is 15.9 Å². The van der Waals surface area contributed by atoms with E-state index in [1.165, 1.54) is 7.05 Å². The van der Waals surface area contributed by atoms with Crippen LogP contribution in [-0.4, -0.2) is 76.1 Å². The van der Waals surface area contributed by atoms with Crippen molar-refractivity contribution in [3.05, 3.63) is 29.6 Å². The number of rotatable bonds is 5. The van der Waals surface area contributed by atoms with Crippen molar-refractivity contribution in [3.8, 4) is 0 Å². The summed E-state index contributed by atoms with van der Waals surface area (Å²) in [4.78, 5) is 16.7. The maximum Gasteiger partial charge on any atom is 0.256 e. The van der Waals surface area contributed by atoms with E-state index in [9.17, 15) is 17.6 Å². The largest absolute Gasteiger partial charge is 0.373 e. The first-order valence-corrected chi connectivity index (χ1v) is 11.6. The van der Waals surface area contributed by atoms with Crippen molar-refractivity contribution in [1.29, 1.82) is 0 Å². The Morgan fingerprint density at radius 1 is 1.21 bits per heavy atom. The van der Waals surface area contributed by atoms with Crippen LogP contribution in [0, 0.1) is 11.7 Å². The van der Waals surface area contributed by atoms with Crippen LogP contribution in [-0.2, 0) is 14.8 Å². The molecule has 7 nitrogen and oxygen atoms in total. The fraction of sp³-hybridized carbons (Fsp3) is 0.650. The molecule has 0 saturated carbocycles. The summed E-state index contributed by atoms with van der Waals surface area (Å²) >= 11 is 0. The zero-order valence-corrected chi connectivity index (χ0v) is 18.0. The fourth-order valence-electron chi connectivity index (χ4n) is 4.24. The molecule has 2 fully saturated rings. The molecule has 9 heteroatoms. The van der Waals surface area contributed by atoms with E-state index >= 15 is 0 Å². The number of halogens is 1. The Kier molecular flexibility index (Phi) is 6.93. The Bertz CT molecular complexity index is 830. The Morgan fingerprint density at radius 3 is 2.41 bits per heavy atom. The van der Waals surface area contributed by atoms with Crippen LogP contribution in [0.4, 0.5) is 4.39 Å². The van der Waals surface area contributed by atoms with Crippen LogP contribution in [0.3, 0.4) is 0 Å². The molecular weight excluding hydrogens is 397 g/mol. The summed E-state index contributed by atoms with van der Waals surface area (Å²) in [6.45, 7) is 8.07. The van der Waals surface area contributed by atoms with Gasteiger partial charge in [-0.05, 0) is 57.9 Å². The average Bonchev–Trinajstić information content (AvgIpc) is 2.67. The number of nitrogens with one attached hydrogen (secondary N) is 1. The van der Waals surface area contributed by atoms with Gasteiger partial charge in [0.05, 0.1) is 22.7 Å². The van der Waals surface area contributed by atoms with E-state index in [0.29, 0.717) is 19.0 Å². The molecule has 1 aromatic carbocycles. The third-order valence-electron chi connectivity index (χ3n) is 5.66. The number of hydrogen-bond donors (Lipinski definition) is 1. The van der Waals surface area contributed by atoms with Gasteiger partial charge in [-0.15, -0.1) is 0 Å². The number of nitrogens with zero attached hydrogens (tertiary/aromatic N) is 2. The lowest BCUT2D eigenvalue weighted by molar-refractivity contribution is -0.0728. The van der Waals surface area contributed by atoms with Gasteiger partial charge in [-0.2, -0.15) is 0 Å². The maximum absolute atomic E-state index is 14.2. The highest BCUT2D eigenvalue weighted by Crippen LogP contribution is 2.24. The smallest absolute Gasteiger partial charge is 0.256 e. The van der Waals surface area contributed by atoms with Gasteiger partial charge in [0.1, 0.15) is 5.82 Å². The van der Waals surface area contributed by atoms with Gasteiger partial charge in [0.2, 0.25) is 10.0 Å². The van der Waals surface area contributed by atoms with Crippen LogP contribution < -0.4 is 4.72 Å². The minimum atomic E-state index is -3.74. The van der Waals surface area contributed by atoms with Crippen molar-refractivity contribution in [2.24, 2.45) is 5.92 Å². The monoisotopic (exact) mass is 427 g/mol. The predicted molar refractivity (Wildman–Crippen MR) is 108 cm³/mol. The Labute approximate surface area is 172 Å². The number of morpholine rings is 1. The highest BCUT2D eigenvalue weighted by molar-refractivity contribution is 7.89. The van der Waals surface area contributed by atoms with Crippen molar-refractivity contribution in [1.82, 2.24) is 14.5 Å². The molecule has 2 atom stereocenters. The molecule has 29 heavy (non-hydrogen) atoms. The van der Waals surface area contributed by atoms with E-state index in [-0.39, 0.29) is 22.7 Å². The lowest BCUT2D eigenvalue weighted by Crippen LogP contribution is -2.48. The molecule has 3 rings (SSSR count). The molecule has 1 aromatic rings. The minimum Gasteiger partial charge on any atom is -0.373 e. The maximum atomic E-state index is 14.2. The molecule has 2 aliphatic heterocycles. The number of piperidine rings is 1. The molecular formula is C20H30FN3O4S. The zero-order chi connectivity index (χ0) is 21.2. The molecule has 0 aliphatic carbocycles. The number of carbonyl (C=O) groups is 1. The zero-order valence-electron chi connectivity index (χ0n) is 17.2. The van der Waals surface area contributed by atoms with Gasteiger partial charge in [0.25, 0.3) is 5.91 Å². The van der Waals surface area contributed by atoms with Crippen molar-refractivity contribution in [2.45, 2.75) is 43.8 Å². The third-order valence-corrected chi connectivity index (χ3v) is 7.07. The van der Waals surface area contributed by atoms with E-state index < -0.39 is 21.7 Å². The summed E-state index contributed by atoms with van der Waals surface area (Å²) in [6, 6.07) is 3.31. The number of benzene rings is 1. The molecule has 2 saturated heterocycles. The molecule has 2 unspecified atom stereocenters. The minimum absolute atomic E-state index is 0.116. The molecule has 0 spiro atoms. The van der Waals surface area contributed by atoms with Gasteiger partial charge < -0.3 is 9.64 Å². The molecule has 0 radical (unpaired) electrons. The van der Waals surface area contributed by atoms with Crippen LogP contribution in [0.2, 0.25) is 0 Å². The summed E-state index contributed by atoms with van der Waals surface area (Å²) in [5, 5.41) is 0. The molecule has 2 heterocycles. The normalized spacial score (nSPS) is 24.6. The standard InChI is InChI=1S/C20H30FN3O4S/c1-14-11-23(12-15(2)28-14)13-16-6-8-24(9-7-16)20(25)18-10-17(4-5-19(18)21)29(26,27)22-3/h4-5,10,14-16,22H,6-9,11-13H2,1-3H3. The second-order valence-corrected chi connectivity index (χ2v) is 9.95. The van der Waals surface area contributed by atoms with Crippen LogP contribution in [0.25, 0.3) is 0 Å². The summed E-state index contributed by atoms with van der Waals surface area (Å²) in [7, 11) is -2.46. The van der Waals surface area contributed by atoms with Gasteiger partial charge in [0.15, 0.2) is 0 Å². The van der Waals surface area contributed by atoms with E-state index in [1.54, 1.807) is 4.90 Å². The lowest BCUT2D eigenvalue weighted by atomic mass is 9.95. The van der Waals surface area contributed by atoms with E-state index in [2.05, 4.69) is 23.5 Å². The number of carbonyl (C=O) groups excluding carboxylic acids is 1. The molecule has 162 valence electrons. The van der Waals surface area contributed by atoms with Gasteiger partial charge >= 0.3 is 0 Å². The second-order valence-electron chi connectivity index (χ2n) is 8.06. The average molecular weight is 428 g/mol. The fourth-order valence-corrected chi connectivity index (χ4v) is 5.00. The molecule has 1 amide bonds. The van der Waals surface area contributed by atoms with Crippen molar-refractivity contribution in [3.63, 3.8) is 0 Å². The third kappa shape index (κ3) is 5.33. The lowest BCUT2D eigenvalue weighted by Gasteiger charge is -2.39. The quantitative estimate of drug-likeness (QED) is 0.774. The van der Waals surface area contributed by atoms with Gasteiger partial charge in [-0.3, -0.25) is 9.69 Å². The van der Waals surface area contributed by atoms with Crippen molar-refractivity contribution in [2.75, 3.05) is 39.8 Å².